The van der Waals surface area contributed by atoms with Gasteiger partial charge in [-0.3, -0.25) is 4.79 Å². The normalized spacial score (nSPS) is 17.1. The van der Waals surface area contributed by atoms with Crippen LogP contribution in [0.4, 0.5) is 5.69 Å². The third kappa shape index (κ3) is 3.95. The van der Waals surface area contributed by atoms with Crippen molar-refractivity contribution >= 4 is 11.6 Å². The molecule has 1 fully saturated rings. The first-order chi connectivity index (χ1) is 10.1. The van der Waals surface area contributed by atoms with Crippen LogP contribution in [0.25, 0.3) is 0 Å². The van der Waals surface area contributed by atoms with Gasteiger partial charge in [-0.2, -0.15) is 0 Å². The lowest BCUT2D eigenvalue weighted by Crippen LogP contribution is -2.43. The number of hydrogen-bond donors (Lipinski definition) is 1. The smallest absolute Gasteiger partial charge is 0.256 e. The molecule has 0 bridgehead atoms. The fourth-order valence-corrected chi connectivity index (χ4v) is 2.21. The van der Waals surface area contributed by atoms with Gasteiger partial charge in [-0.05, 0) is 49.9 Å². The highest BCUT2D eigenvalue weighted by atomic mass is 16.5. The predicted molar refractivity (Wildman–Crippen MR) is 80.6 cm³/mol. The summed E-state index contributed by atoms with van der Waals surface area (Å²) in [6.45, 7) is 2.90. The molecule has 1 aliphatic rings. The van der Waals surface area contributed by atoms with Crippen LogP contribution >= 0.6 is 0 Å². The summed E-state index contributed by atoms with van der Waals surface area (Å²) in [5, 5.41) is 2.91. The van der Waals surface area contributed by atoms with Crippen molar-refractivity contribution in [3.8, 4) is 5.75 Å². The molecule has 1 atom stereocenters. The maximum absolute atomic E-state index is 12.4. The van der Waals surface area contributed by atoms with Gasteiger partial charge < -0.3 is 19.5 Å². The first-order valence-electron chi connectivity index (χ1n) is 7.18. The van der Waals surface area contributed by atoms with Crippen LogP contribution in [-0.2, 0) is 14.3 Å². The molecule has 0 spiro atoms. The van der Waals surface area contributed by atoms with Crippen molar-refractivity contribution in [2.24, 2.45) is 5.92 Å². The Bertz CT molecular complexity index is 470. The molecule has 0 aliphatic heterocycles. The molecule has 1 N–H and O–H groups in total. The molecule has 1 aromatic carbocycles. The minimum Gasteiger partial charge on any atom is -0.491 e. The van der Waals surface area contributed by atoms with Crippen LogP contribution in [0.2, 0.25) is 0 Å². The first kappa shape index (κ1) is 15.8. The number of amides is 1. The molecule has 1 aliphatic carbocycles. The Labute approximate surface area is 125 Å². The van der Waals surface area contributed by atoms with Gasteiger partial charge in [-0.1, -0.05) is 0 Å². The van der Waals surface area contributed by atoms with Crippen molar-refractivity contribution in [3.63, 3.8) is 0 Å². The molecule has 21 heavy (non-hydrogen) atoms. The van der Waals surface area contributed by atoms with E-state index in [-0.39, 0.29) is 5.91 Å². The van der Waals surface area contributed by atoms with E-state index in [0.29, 0.717) is 19.1 Å². The summed E-state index contributed by atoms with van der Waals surface area (Å²) in [5.74, 6) is 0.974. The van der Waals surface area contributed by atoms with Crippen LogP contribution in [0.3, 0.4) is 0 Å². The van der Waals surface area contributed by atoms with Crippen LogP contribution < -0.4 is 10.1 Å². The lowest BCUT2D eigenvalue weighted by Gasteiger charge is -2.26. The molecule has 1 aromatic rings. The maximum atomic E-state index is 12.4. The number of carbonyl (C=O) groups excluding carboxylic acids is 1. The van der Waals surface area contributed by atoms with Crippen LogP contribution in [0.1, 0.15) is 19.8 Å². The third-order valence-electron chi connectivity index (χ3n) is 3.90. The molecule has 5 nitrogen and oxygen atoms in total. The first-order valence-corrected chi connectivity index (χ1v) is 7.18. The summed E-state index contributed by atoms with van der Waals surface area (Å²) in [5.41, 5.74) is -0.00352. The Hall–Kier alpha value is -1.59. The van der Waals surface area contributed by atoms with Gasteiger partial charge in [-0.15, -0.1) is 0 Å². The largest absolute Gasteiger partial charge is 0.491 e. The summed E-state index contributed by atoms with van der Waals surface area (Å²) >= 11 is 0. The number of rotatable bonds is 8. The zero-order valence-corrected chi connectivity index (χ0v) is 12.8. The highest BCUT2D eigenvalue weighted by Gasteiger charge is 2.47. The number of hydrogen-bond acceptors (Lipinski definition) is 4. The van der Waals surface area contributed by atoms with E-state index in [1.54, 1.807) is 14.2 Å². The lowest BCUT2D eigenvalue weighted by atomic mass is 9.99. The van der Waals surface area contributed by atoms with Crippen molar-refractivity contribution in [1.82, 2.24) is 0 Å². The highest BCUT2D eigenvalue weighted by Crippen LogP contribution is 2.42. The van der Waals surface area contributed by atoms with E-state index in [2.05, 4.69) is 5.32 Å². The molecular weight excluding hydrogens is 270 g/mol. The lowest BCUT2D eigenvalue weighted by molar-refractivity contribution is -0.138. The minimum absolute atomic E-state index is 0.0967. The van der Waals surface area contributed by atoms with Crippen LogP contribution in [0.5, 0.6) is 5.75 Å². The number of anilines is 1. The molecule has 116 valence electrons. The van der Waals surface area contributed by atoms with Gasteiger partial charge in [0.15, 0.2) is 0 Å². The average Bonchev–Trinajstić information content (AvgIpc) is 3.33. The third-order valence-corrected chi connectivity index (χ3v) is 3.90. The van der Waals surface area contributed by atoms with Crippen molar-refractivity contribution in [2.75, 3.05) is 32.8 Å². The Morgan fingerprint density at radius 2 is 1.90 bits per heavy atom. The van der Waals surface area contributed by atoms with Crippen molar-refractivity contribution in [2.45, 2.75) is 25.4 Å². The molecule has 0 heterocycles. The van der Waals surface area contributed by atoms with Gasteiger partial charge in [0.1, 0.15) is 18.0 Å². The Balaban J connectivity index is 1.92. The van der Waals surface area contributed by atoms with Crippen molar-refractivity contribution in [3.05, 3.63) is 24.3 Å². The Morgan fingerprint density at radius 1 is 1.24 bits per heavy atom. The SMILES string of the molecule is COCCOc1ccc(NC(=O)[C@@](C)(OC)C2CC2)cc1. The summed E-state index contributed by atoms with van der Waals surface area (Å²) in [6.07, 6.45) is 2.09. The number of carbonyl (C=O) groups is 1. The van der Waals surface area contributed by atoms with Crippen LogP contribution in [-0.4, -0.2) is 38.9 Å². The summed E-state index contributed by atoms with van der Waals surface area (Å²) in [6, 6.07) is 7.30. The zero-order chi connectivity index (χ0) is 15.3. The summed E-state index contributed by atoms with van der Waals surface area (Å²) in [4.78, 5) is 12.4. The second-order valence-corrected chi connectivity index (χ2v) is 5.41. The molecule has 5 heteroatoms. The van der Waals surface area contributed by atoms with Crippen LogP contribution in [0.15, 0.2) is 24.3 Å². The van der Waals surface area contributed by atoms with Crippen LogP contribution in [0, 0.1) is 5.92 Å². The van der Waals surface area contributed by atoms with E-state index >= 15 is 0 Å². The number of benzene rings is 1. The van der Waals surface area contributed by atoms with Gasteiger partial charge in [0.05, 0.1) is 6.61 Å². The molecule has 1 saturated carbocycles. The van der Waals surface area contributed by atoms with E-state index in [4.69, 9.17) is 14.2 Å². The van der Waals surface area contributed by atoms with Gasteiger partial charge in [0.2, 0.25) is 0 Å². The fourth-order valence-electron chi connectivity index (χ4n) is 2.21. The second kappa shape index (κ2) is 6.91. The van der Waals surface area contributed by atoms with E-state index in [1.807, 2.05) is 31.2 Å². The van der Waals surface area contributed by atoms with Crippen molar-refractivity contribution in [1.29, 1.82) is 0 Å². The van der Waals surface area contributed by atoms with Crippen molar-refractivity contribution < 1.29 is 19.0 Å². The summed E-state index contributed by atoms with van der Waals surface area (Å²) < 4.78 is 15.8. The molecular formula is C16H23NO4. The fraction of sp³-hybridized carbons (Fsp3) is 0.562. The standard InChI is InChI=1S/C16H23NO4/c1-16(20-3,12-4-5-12)15(18)17-13-6-8-14(9-7-13)21-11-10-19-2/h6-9,12H,4-5,10-11H2,1-3H3,(H,17,18)/t16-/m0/s1. The van der Waals surface area contributed by atoms with E-state index < -0.39 is 5.60 Å². The molecule has 0 unspecified atom stereocenters. The number of ether oxygens (including phenoxy) is 3. The molecule has 2 rings (SSSR count). The summed E-state index contributed by atoms with van der Waals surface area (Å²) in [7, 11) is 3.22. The molecule has 0 radical (unpaired) electrons. The molecule has 1 amide bonds. The van der Waals surface area contributed by atoms with Gasteiger partial charge in [-0.25, -0.2) is 0 Å². The molecule has 0 aromatic heterocycles. The highest BCUT2D eigenvalue weighted by molar-refractivity contribution is 5.97. The Kier molecular flexibility index (Phi) is 5.20. The predicted octanol–water partition coefficient (Wildman–Crippen LogP) is 2.47. The number of nitrogens with one attached hydrogen (secondary N) is 1. The van der Waals surface area contributed by atoms with Gasteiger partial charge >= 0.3 is 0 Å². The number of methoxy groups -OCH3 is 2. The van der Waals surface area contributed by atoms with E-state index in [0.717, 1.165) is 24.3 Å². The second-order valence-electron chi connectivity index (χ2n) is 5.41. The minimum atomic E-state index is -0.742. The van der Waals surface area contributed by atoms with E-state index in [1.165, 1.54) is 0 Å². The van der Waals surface area contributed by atoms with Gasteiger partial charge in [0, 0.05) is 19.9 Å². The average molecular weight is 293 g/mol. The van der Waals surface area contributed by atoms with E-state index in [9.17, 15) is 4.79 Å². The van der Waals surface area contributed by atoms with Gasteiger partial charge in [0.25, 0.3) is 5.91 Å². The quantitative estimate of drug-likeness (QED) is 0.748. The zero-order valence-electron chi connectivity index (χ0n) is 12.8. The monoisotopic (exact) mass is 293 g/mol. The Morgan fingerprint density at radius 3 is 2.43 bits per heavy atom. The molecule has 0 saturated heterocycles. The topological polar surface area (TPSA) is 56.8 Å². The maximum Gasteiger partial charge on any atom is 0.256 e.